The maximum absolute atomic E-state index is 13.6. The lowest BCUT2D eigenvalue weighted by Gasteiger charge is -2.28. The van der Waals surface area contributed by atoms with Crippen molar-refractivity contribution in [2.75, 3.05) is 26.2 Å². The van der Waals surface area contributed by atoms with Crippen LogP contribution in [0.1, 0.15) is 52.7 Å². The molecule has 2 aromatic carbocycles. The van der Waals surface area contributed by atoms with Gasteiger partial charge in [0.25, 0.3) is 5.91 Å². The van der Waals surface area contributed by atoms with Crippen LogP contribution < -0.4 is 5.43 Å². The largest absolute Gasteiger partial charge is 0.450 e. The molecular formula is C25H27ClN2O3. The molecule has 0 unspecified atom stereocenters. The number of likely N-dealkylation sites (N-methyl/N-ethyl adjacent to an activating group) is 1. The minimum atomic E-state index is -0.515. The second-order valence-electron chi connectivity index (χ2n) is 8.09. The Kier molecular flexibility index (Phi) is 5.91. The summed E-state index contributed by atoms with van der Waals surface area (Å²) >= 11 is 6.27. The van der Waals surface area contributed by atoms with Gasteiger partial charge in [-0.15, -0.1) is 0 Å². The highest BCUT2D eigenvalue weighted by Gasteiger charge is 2.42. The Bertz CT molecular complexity index is 1210. The van der Waals surface area contributed by atoms with Gasteiger partial charge in [-0.3, -0.25) is 9.59 Å². The Hall–Kier alpha value is -2.63. The maximum Gasteiger partial charge on any atom is 0.290 e. The van der Waals surface area contributed by atoms with Gasteiger partial charge in [0.15, 0.2) is 5.43 Å². The molecule has 31 heavy (non-hydrogen) atoms. The molecule has 5 nitrogen and oxygen atoms in total. The Balaban J connectivity index is 1.90. The minimum Gasteiger partial charge on any atom is -0.450 e. The van der Waals surface area contributed by atoms with Crippen LogP contribution >= 0.6 is 11.6 Å². The zero-order valence-corrected chi connectivity index (χ0v) is 19.1. The fourth-order valence-corrected chi connectivity index (χ4v) is 4.52. The third-order valence-electron chi connectivity index (χ3n) is 6.30. The molecule has 6 heteroatoms. The predicted molar refractivity (Wildman–Crippen MR) is 124 cm³/mol. The van der Waals surface area contributed by atoms with E-state index in [0.717, 1.165) is 36.3 Å². The molecule has 1 aliphatic rings. The van der Waals surface area contributed by atoms with Crippen LogP contribution in [0.4, 0.5) is 0 Å². The average molecular weight is 439 g/mol. The summed E-state index contributed by atoms with van der Waals surface area (Å²) in [5.74, 6) is -0.102. The fourth-order valence-electron chi connectivity index (χ4n) is 4.32. The Morgan fingerprint density at radius 3 is 2.45 bits per heavy atom. The molecule has 3 aromatic rings. The molecule has 0 saturated heterocycles. The smallest absolute Gasteiger partial charge is 0.290 e. The monoisotopic (exact) mass is 438 g/mol. The molecule has 0 N–H and O–H groups in total. The van der Waals surface area contributed by atoms with Crippen molar-refractivity contribution in [3.63, 3.8) is 0 Å². The number of aryl methyl sites for hydroxylation is 2. The summed E-state index contributed by atoms with van der Waals surface area (Å²) < 4.78 is 6.07. The lowest BCUT2D eigenvalue weighted by Crippen LogP contribution is -2.37. The number of rotatable bonds is 6. The van der Waals surface area contributed by atoms with Gasteiger partial charge in [0.1, 0.15) is 5.58 Å². The van der Waals surface area contributed by atoms with E-state index in [1.54, 1.807) is 11.0 Å². The molecule has 1 aliphatic heterocycles. The third kappa shape index (κ3) is 3.77. The molecule has 0 spiro atoms. The SMILES string of the molecule is CCN(CC)CCN1C(=O)c2oc3cc(C)c(C)cc3c(=O)c2[C@H]1c1cccc(Cl)c1. The number of fused-ring (bicyclic) bond motifs is 2. The third-order valence-corrected chi connectivity index (χ3v) is 6.53. The fraction of sp³-hybridized carbons (Fsp3) is 0.360. The average Bonchev–Trinajstić information content (AvgIpc) is 3.03. The van der Waals surface area contributed by atoms with E-state index in [1.807, 2.05) is 44.2 Å². The topological polar surface area (TPSA) is 53.8 Å². The Labute approximate surface area is 187 Å². The highest BCUT2D eigenvalue weighted by Crippen LogP contribution is 2.38. The first-order chi connectivity index (χ1) is 14.8. The minimum absolute atomic E-state index is 0.144. The van der Waals surface area contributed by atoms with Crippen molar-refractivity contribution in [1.82, 2.24) is 9.80 Å². The van der Waals surface area contributed by atoms with Crippen LogP contribution in [-0.2, 0) is 0 Å². The van der Waals surface area contributed by atoms with Gasteiger partial charge in [0.05, 0.1) is 17.0 Å². The van der Waals surface area contributed by atoms with E-state index in [1.165, 1.54) is 0 Å². The molecule has 0 bridgehead atoms. The quantitative estimate of drug-likeness (QED) is 0.546. The van der Waals surface area contributed by atoms with Crippen molar-refractivity contribution in [2.24, 2.45) is 0 Å². The Morgan fingerprint density at radius 1 is 1.06 bits per heavy atom. The van der Waals surface area contributed by atoms with Crippen molar-refractivity contribution in [3.8, 4) is 0 Å². The van der Waals surface area contributed by atoms with Gasteiger partial charge in [0, 0.05) is 18.1 Å². The maximum atomic E-state index is 13.6. The summed E-state index contributed by atoms with van der Waals surface area (Å²) in [4.78, 5) is 31.1. The molecule has 1 amide bonds. The molecule has 0 radical (unpaired) electrons. The summed E-state index contributed by atoms with van der Waals surface area (Å²) in [7, 11) is 0. The summed E-state index contributed by atoms with van der Waals surface area (Å²) in [6.07, 6.45) is 0. The first kappa shape index (κ1) is 21.6. The second-order valence-corrected chi connectivity index (χ2v) is 8.53. The van der Waals surface area contributed by atoms with Crippen LogP contribution in [-0.4, -0.2) is 41.9 Å². The normalized spacial score (nSPS) is 15.9. The first-order valence-corrected chi connectivity index (χ1v) is 11.1. The Morgan fingerprint density at radius 2 is 1.77 bits per heavy atom. The molecule has 162 valence electrons. The zero-order valence-electron chi connectivity index (χ0n) is 18.4. The van der Waals surface area contributed by atoms with E-state index in [9.17, 15) is 9.59 Å². The number of nitrogens with zero attached hydrogens (tertiary/aromatic N) is 2. The van der Waals surface area contributed by atoms with E-state index < -0.39 is 6.04 Å². The standard InChI is InChI=1S/C25H27ClN2O3/c1-5-27(6-2)10-11-28-22(17-8-7-9-18(26)14-17)21-23(29)19-12-15(3)16(4)13-20(19)31-24(21)25(28)30/h7-9,12-14,22H,5-6,10-11H2,1-4H3/t22-/m1/s1. The molecule has 2 heterocycles. The number of halogens is 1. The molecule has 0 saturated carbocycles. The molecule has 0 aliphatic carbocycles. The van der Waals surface area contributed by atoms with Crippen LogP contribution in [0.2, 0.25) is 5.02 Å². The van der Waals surface area contributed by atoms with Gasteiger partial charge in [0.2, 0.25) is 5.76 Å². The van der Waals surface area contributed by atoms with Gasteiger partial charge in [-0.25, -0.2) is 0 Å². The zero-order chi connectivity index (χ0) is 22.3. The van der Waals surface area contributed by atoms with Crippen LogP contribution in [0.15, 0.2) is 45.6 Å². The van der Waals surface area contributed by atoms with E-state index in [4.69, 9.17) is 16.0 Å². The lowest BCUT2D eigenvalue weighted by atomic mass is 9.97. The van der Waals surface area contributed by atoms with Gasteiger partial charge in [-0.1, -0.05) is 37.6 Å². The van der Waals surface area contributed by atoms with Crippen LogP contribution in [0.5, 0.6) is 0 Å². The van der Waals surface area contributed by atoms with Gasteiger partial charge in [-0.05, 0) is 67.9 Å². The van der Waals surface area contributed by atoms with Crippen molar-refractivity contribution in [2.45, 2.75) is 33.7 Å². The van der Waals surface area contributed by atoms with Gasteiger partial charge < -0.3 is 14.2 Å². The van der Waals surface area contributed by atoms with Crippen LogP contribution in [0.3, 0.4) is 0 Å². The molecule has 1 aromatic heterocycles. The molecular weight excluding hydrogens is 412 g/mol. The number of benzene rings is 2. The number of amides is 1. The van der Waals surface area contributed by atoms with E-state index >= 15 is 0 Å². The van der Waals surface area contributed by atoms with E-state index in [2.05, 4.69) is 18.7 Å². The molecule has 4 rings (SSSR count). The van der Waals surface area contributed by atoms with Gasteiger partial charge >= 0.3 is 0 Å². The highest BCUT2D eigenvalue weighted by molar-refractivity contribution is 6.30. The summed E-state index contributed by atoms with van der Waals surface area (Å²) in [5.41, 5.74) is 3.56. The predicted octanol–water partition coefficient (Wildman–Crippen LogP) is 4.95. The first-order valence-electron chi connectivity index (χ1n) is 10.7. The van der Waals surface area contributed by atoms with Crippen LogP contribution in [0, 0.1) is 13.8 Å². The van der Waals surface area contributed by atoms with Crippen molar-refractivity contribution < 1.29 is 9.21 Å². The van der Waals surface area contributed by atoms with Crippen molar-refractivity contribution >= 4 is 28.5 Å². The van der Waals surface area contributed by atoms with E-state index in [-0.39, 0.29) is 17.1 Å². The number of hydrogen-bond donors (Lipinski definition) is 0. The van der Waals surface area contributed by atoms with E-state index in [0.29, 0.717) is 28.1 Å². The summed E-state index contributed by atoms with van der Waals surface area (Å²) in [5, 5.41) is 1.08. The number of hydrogen-bond acceptors (Lipinski definition) is 4. The van der Waals surface area contributed by atoms with Gasteiger partial charge in [-0.2, -0.15) is 0 Å². The van der Waals surface area contributed by atoms with Crippen molar-refractivity contribution in [3.05, 3.63) is 79.7 Å². The highest BCUT2D eigenvalue weighted by atomic mass is 35.5. The number of carbonyl (C=O) groups excluding carboxylic acids is 1. The number of carbonyl (C=O) groups is 1. The summed E-state index contributed by atoms with van der Waals surface area (Å²) in [6, 6.07) is 10.5. The second kappa shape index (κ2) is 8.48. The molecule has 1 atom stereocenters. The summed E-state index contributed by atoms with van der Waals surface area (Å²) in [6.45, 7) is 11.1. The molecule has 0 fully saturated rings. The van der Waals surface area contributed by atoms with Crippen molar-refractivity contribution in [1.29, 1.82) is 0 Å². The lowest BCUT2D eigenvalue weighted by molar-refractivity contribution is 0.0708. The van der Waals surface area contributed by atoms with Crippen LogP contribution in [0.25, 0.3) is 11.0 Å².